The van der Waals surface area contributed by atoms with Gasteiger partial charge >= 0.3 is 0 Å². The van der Waals surface area contributed by atoms with E-state index in [1.54, 1.807) is 6.07 Å². The van der Waals surface area contributed by atoms with Crippen LogP contribution in [0.25, 0.3) is 0 Å². The molecule has 0 amide bonds. The quantitative estimate of drug-likeness (QED) is 0.878. The van der Waals surface area contributed by atoms with Gasteiger partial charge in [-0.1, -0.05) is 45.7 Å². The van der Waals surface area contributed by atoms with Crippen molar-refractivity contribution < 1.29 is 4.39 Å². The number of benzene rings is 2. The van der Waals surface area contributed by atoms with Gasteiger partial charge in [0.2, 0.25) is 0 Å². The van der Waals surface area contributed by atoms with Crippen LogP contribution in [0.5, 0.6) is 0 Å². The molecule has 2 rings (SSSR count). The molecule has 0 radical (unpaired) electrons. The van der Waals surface area contributed by atoms with E-state index in [-0.39, 0.29) is 11.9 Å². The zero-order valence-corrected chi connectivity index (χ0v) is 12.6. The van der Waals surface area contributed by atoms with Gasteiger partial charge in [-0.05, 0) is 48.2 Å². The Bertz CT molecular complexity index is 574. The zero-order chi connectivity index (χ0) is 13.8. The Morgan fingerprint density at radius 3 is 2.63 bits per heavy atom. The maximum absolute atomic E-state index is 13.1. The van der Waals surface area contributed by atoms with Crippen LogP contribution in [0.4, 0.5) is 4.39 Å². The van der Waals surface area contributed by atoms with E-state index in [9.17, 15) is 4.39 Å². The van der Waals surface area contributed by atoms with E-state index < -0.39 is 0 Å². The highest BCUT2D eigenvalue weighted by Crippen LogP contribution is 2.22. The predicted molar refractivity (Wildman–Crippen MR) is 80.9 cm³/mol. The Morgan fingerprint density at radius 2 is 1.95 bits per heavy atom. The van der Waals surface area contributed by atoms with Crippen LogP contribution in [0.1, 0.15) is 11.1 Å². The van der Waals surface area contributed by atoms with Gasteiger partial charge in [0.15, 0.2) is 0 Å². The van der Waals surface area contributed by atoms with Gasteiger partial charge in [-0.3, -0.25) is 0 Å². The predicted octanol–water partition coefficient (Wildman–Crippen LogP) is 4.35. The van der Waals surface area contributed by atoms with Crippen molar-refractivity contribution in [1.82, 2.24) is 0 Å². The van der Waals surface area contributed by atoms with Crippen molar-refractivity contribution in [2.75, 3.05) is 0 Å². The summed E-state index contributed by atoms with van der Waals surface area (Å²) in [6.45, 7) is 0. The van der Waals surface area contributed by atoms with Crippen molar-refractivity contribution in [3.05, 3.63) is 68.9 Å². The fraction of sp³-hybridized carbons (Fsp3) is 0.200. The normalized spacial score (nSPS) is 12.4. The molecule has 19 heavy (non-hydrogen) atoms. The summed E-state index contributed by atoms with van der Waals surface area (Å²) in [5.41, 5.74) is 8.01. The van der Waals surface area contributed by atoms with Crippen molar-refractivity contribution in [1.29, 1.82) is 0 Å². The lowest BCUT2D eigenvalue weighted by Crippen LogP contribution is -2.25. The highest BCUT2D eigenvalue weighted by atomic mass is 79.9. The summed E-state index contributed by atoms with van der Waals surface area (Å²) < 4.78 is 14.0. The highest BCUT2D eigenvalue weighted by molar-refractivity contribution is 9.10. The molecule has 2 aromatic rings. The molecule has 2 aromatic carbocycles. The maximum atomic E-state index is 13.1. The van der Waals surface area contributed by atoms with Crippen LogP contribution in [-0.2, 0) is 12.8 Å². The van der Waals surface area contributed by atoms with E-state index in [0.717, 1.165) is 15.6 Å². The van der Waals surface area contributed by atoms with Gasteiger partial charge in [0, 0.05) is 15.5 Å². The fourth-order valence-corrected chi connectivity index (χ4v) is 2.76. The minimum atomic E-state index is -0.230. The molecular formula is C15H14BrClFN. The lowest BCUT2D eigenvalue weighted by atomic mass is 10.00. The molecule has 0 saturated heterocycles. The molecule has 0 aliphatic rings. The molecule has 1 nitrogen and oxygen atoms in total. The van der Waals surface area contributed by atoms with Crippen molar-refractivity contribution in [3.8, 4) is 0 Å². The molecule has 0 aliphatic heterocycles. The van der Waals surface area contributed by atoms with Crippen molar-refractivity contribution in [2.24, 2.45) is 5.73 Å². The van der Waals surface area contributed by atoms with Gasteiger partial charge in [0.05, 0.1) is 0 Å². The molecule has 0 saturated carbocycles. The first kappa shape index (κ1) is 14.5. The Morgan fingerprint density at radius 1 is 1.16 bits per heavy atom. The van der Waals surface area contributed by atoms with E-state index >= 15 is 0 Å². The lowest BCUT2D eigenvalue weighted by molar-refractivity contribution is 0.618. The number of halogens is 3. The summed E-state index contributed by atoms with van der Waals surface area (Å²) in [6, 6.07) is 12.2. The summed E-state index contributed by atoms with van der Waals surface area (Å²) in [6.07, 6.45) is 1.30. The van der Waals surface area contributed by atoms with E-state index in [0.29, 0.717) is 17.9 Å². The van der Waals surface area contributed by atoms with E-state index in [2.05, 4.69) is 15.9 Å². The fourth-order valence-electron chi connectivity index (χ4n) is 2.01. The lowest BCUT2D eigenvalue weighted by Gasteiger charge is -2.13. The molecule has 1 unspecified atom stereocenters. The molecule has 0 aliphatic carbocycles. The molecule has 1 atom stereocenters. The second-order valence-electron chi connectivity index (χ2n) is 4.53. The van der Waals surface area contributed by atoms with Gasteiger partial charge in [-0.2, -0.15) is 0 Å². The largest absolute Gasteiger partial charge is 0.327 e. The SMILES string of the molecule is NC(Cc1cccc(F)c1)Cc1ccc(Br)cc1Cl. The molecule has 100 valence electrons. The summed E-state index contributed by atoms with van der Waals surface area (Å²) in [7, 11) is 0. The standard InChI is InChI=1S/C15H14BrClFN/c16-12-5-4-11(15(17)9-12)8-14(19)7-10-2-1-3-13(18)6-10/h1-6,9,14H,7-8,19H2. The number of nitrogens with two attached hydrogens (primary N) is 1. The Labute approximate surface area is 125 Å². The summed E-state index contributed by atoms with van der Waals surface area (Å²) in [5.74, 6) is -0.230. The average molecular weight is 343 g/mol. The second kappa shape index (κ2) is 6.51. The Kier molecular flexibility index (Phi) is 4.97. The molecule has 0 fully saturated rings. The van der Waals surface area contributed by atoms with Crippen molar-refractivity contribution in [2.45, 2.75) is 18.9 Å². The molecule has 0 bridgehead atoms. The number of hydrogen-bond acceptors (Lipinski definition) is 1. The first-order valence-electron chi connectivity index (χ1n) is 5.98. The van der Waals surface area contributed by atoms with E-state index in [4.69, 9.17) is 17.3 Å². The summed E-state index contributed by atoms with van der Waals surface area (Å²) >= 11 is 9.52. The van der Waals surface area contributed by atoms with Crippen LogP contribution in [0.3, 0.4) is 0 Å². The molecule has 0 aromatic heterocycles. The van der Waals surface area contributed by atoms with Gasteiger partial charge in [-0.25, -0.2) is 4.39 Å². The van der Waals surface area contributed by atoms with Gasteiger partial charge < -0.3 is 5.73 Å². The molecule has 2 N–H and O–H groups in total. The van der Waals surface area contributed by atoms with Crippen LogP contribution < -0.4 is 5.73 Å². The topological polar surface area (TPSA) is 26.0 Å². The van der Waals surface area contributed by atoms with E-state index in [1.165, 1.54) is 12.1 Å². The first-order chi connectivity index (χ1) is 9.04. The molecule has 0 heterocycles. The smallest absolute Gasteiger partial charge is 0.123 e. The maximum Gasteiger partial charge on any atom is 0.123 e. The van der Waals surface area contributed by atoms with Crippen LogP contribution in [0.2, 0.25) is 5.02 Å². The van der Waals surface area contributed by atoms with Crippen molar-refractivity contribution >= 4 is 27.5 Å². The summed E-state index contributed by atoms with van der Waals surface area (Å²) in [4.78, 5) is 0. The van der Waals surface area contributed by atoms with Crippen LogP contribution in [-0.4, -0.2) is 6.04 Å². The first-order valence-corrected chi connectivity index (χ1v) is 7.15. The minimum Gasteiger partial charge on any atom is -0.327 e. The molecule has 4 heteroatoms. The van der Waals surface area contributed by atoms with Crippen molar-refractivity contribution in [3.63, 3.8) is 0 Å². The van der Waals surface area contributed by atoms with Gasteiger partial charge in [0.1, 0.15) is 5.82 Å². The third-order valence-electron chi connectivity index (χ3n) is 2.88. The zero-order valence-electron chi connectivity index (χ0n) is 10.2. The third-order valence-corrected chi connectivity index (χ3v) is 3.73. The van der Waals surface area contributed by atoms with Crippen LogP contribution >= 0.6 is 27.5 Å². The monoisotopic (exact) mass is 341 g/mol. The Balaban J connectivity index is 2.03. The van der Waals surface area contributed by atoms with Gasteiger partial charge in [0.25, 0.3) is 0 Å². The Hall–Kier alpha value is -0.900. The highest BCUT2D eigenvalue weighted by Gasteiger charge is 2.09. The van der Waals surface area contributed by atoms with Crippen LogP contribution in [0, 0.1) is 5.82 Å². The number of rotatable bonds is 4. The minimum absolute atomic E-state index is 0.0829. The van der Waals surface area contributed by atoms with Gasteiger partial charge in [-0.15, -0.1) is 0 Å². The number of hydrogen-bond donors (Lipinski definition) is 1. The average Bonchev–Trinajstić information content (AvgIpc) is 2.33. The molecule has 0 spiro atoms. The third kappa shape index (κ3) is 4.30. The van der Waals surface area contributed by atoms with Crippen LogP contribution in [0.15, 0.2) is 46.9 Å². The second-order valence-corrected chi connectivity index (χ2v) is 5.86. The van der Waals surface area contributed by atoms with E-state index in [1.807, 2.05) is 24.3 Å². The summed E-state index contributed by atoms with van der Waals surface area (Å²) in [5, 5.41) is 0.698. The molecular weight excluding hydrogens is 329 g/mol.